The zero-order valence-corrected chi connectivity index (χ0v) is 17.3. The van der Waals surface area contributed by atoms with Crippen LogP contribution in [-0.4, -0.2) is 44.1 Å². The van der Waals surface area contributed by atoms with Crippen molar-refractivity contribution in [2.75, 3.05) is 33.8 Å². The van der Waals surface area contributed by atoms with E-state index < -0.39 is 0 Å². The number of nitrogens with zero attached hydrogens (tertiary/aromatic N) is 2. The van der Waals surface area contributed by atoms with Gasteiger partial charge in [-0.25, -0.2) is 4.68 Å². The highest BCUT2D eigenvalue weighted by atomic mass is 16.5. The van der Waals surface area contributed by atoms with E-state index in [-0.39, 0.29) is 18.2 Å². The Balaban J connectivity index is 1.82. The van der Waals surface area contributed by atoms with Crippen LogP contribution in [0.4, 0.5) is 5.82 Å². The maximum absolute atomic E-state index is 12.6. The summed E-state index contributed by atoms with van der Waals surface area (Å²) in [7, 11) is 6.36. The van der Waals surface area contributed by atoms with Crippen LogP contribution in [0.3, 0.4) is 0 Å². The van der Waals surface area contributed by atoms with Crippen LogP contribution < -0.4 is 24.3 Å². The second-order valence-corrected chi connectivity index (χ2v) is 6.81. The number of hydrogen-bond acceptors (Lipinski definition) is 6. The number of ether oxygens (including phenoxy) is 4. The SMILES string of the molecule is COc1ccc(-n2ncc3c2NC(=O)CC3c2cc(OC)c(OC)cc2OC)cc1. The van der Waals surface area contributed by atoms with Crippen LogP contribution in [0.5, 0.6) is 23.0 Å². The van der Waals surface area contributed by atoms with Crippen LogP contribution in [0, 0.1) is 0 Å². The van der Waals surface area contributed by atoms with Crippen LogP contribution in [0.1, 0.15) is 23.5 Å². The molecule has 3 aromatic rings. The Hall–Kier alpha value is -3.68. The molecule has 2 heterocycles. The second-order valence-electron chi connectivity index (χ2n) is 6.81. The van der Waals surface area contributed by atoms with Gasteiger partial charge in [-0.1, -0.05) is 0 Å². The number of carbonyl (C=O) groups is 1. The third-order valence-electron chi connectivity index (χ3n) is 5.25. The van der Waals surface area contributed by atoms with Gasteiger partial charge in [0.25, 0.3) is 0 Å². The zero-order valence-electron chi connectivity index (χ0n) is 17.3. The largest absolute Gasteiger partial charge is 0.497 e. The first-order valence-corrected chi connectivity index (χ1v) is 9.41. The minimum atomic E-state index is -0.240. The molecule has 1 N–H and O–H groups in total. The van der Waals surface area contributed by atoms with Crippen molar-refractivity contribution in [2.45, 2.75) is 12.3 Å². The zero-order chi connectivity index (χ0) is 21.3. The smallest absolute Gasteiger partial charge is 0.226 e. The first kappa shape index (κ1) is 19.6. The minimum Gasteiger partial charge on any atom is -0.497 e. The molecule has 1 amide bonds. The Morgan fingerprint density at radius 1 is 0.900 bits per heavy atom. The van der Waals surface area contributed by atoms with E-state index in [1.807, 2.05) is 30.3 Å². The van der Waals surface area contributed by atoms with Crippen molar-refractivity contribution in [2.24, 2.45) is 0 Å². The summed E-state index contributed by atoms with van der Waals surface area (Å²) in [5.41, 5.74) is 2.55. The molecule has 156 valence electrons. The van der Waals surface area contributed by atoms with Gasteiger partial charge in [-0.3, -0.25) is 4.79 Å². The van der Waals surface area contributed by atoms with Crippen molar-refractivity contribution < 1.29 is 23.7 Å². The topological polar surface area (TPSA) is 83.8 Å². The normalized spacial score (nSPS) is 15.2. The Bertz CT molecular complexity index is 1080. The van der Waals surface area contributed by atoms with E-state index in [1.165, 1.54) is 0 Å². The van der Waals surface area contributed by atoms with Crippen molar-refractivity contribution in [3.8, 4) is 28.7 Å². The molecule has 0 fully saturated rings. The van der Waals surface area contributed by atoms with Crippen LogP contribution in [0.15, 0.2) is 42.6 Å². The molecule has 1 aliphatic heterocycles. The number of anilines is 1. The quantitative estimate of drug-likeness (QED) is 0.672. The van der Waals surface area contributed by atoms with Gasteiger partial charge in [-0.2, -0.15) is 5.10 Å². The first-order valence-electron chi connectivity index (χ1n) is 9.41. The standard InChI is InChI=1S/C22H23N3O5/c1-27-14-7-5-13(6-8-14)25-22-17(12-23-25)15(10-21(26)24-22)16-9-19(29-3)20(30-4)11-18(16)28-2/h5-9,11-12,15H,10H2,1-4H3,(H,24,26). The lowest BCUT2D eigenvalue weighted by Gasteiger charge is -2.26. The third kappa shape index (κ3) is 3.30. The number of hydrogen-bond donors (Lipinski definition) is 1. The lowest BCUT2D eigenvalue weighted by atomic mass is 9.86. The van der Waals surface area contributed by atoms with Gasteiger partial charge in [0.1, 0.15) is 17.3 Å². The fraction of sp³-hybridized carbons (Fsp3) is 0.273. The molecule has 8 nitrogen and oxygen atoms in total. The maximum Gasteiger partial charge on any atom is 0.226 e. The molecule has 2 aromatic carbocycles. The van der Waals surface area contributed by atoms with Crippen LogP contribution >= 0.6 is 0 Å². The third-order valence-corrected chi connectivity index (χ3v) is 5.25. The lowest BCUT2D eigenvalue weighted by molar-refractivity contribution is -0.116. The van der Waals surface area contributed by atoms with Gasteiger partial charge in [-0.15, -0.1) is 0 Å². The molecule has 0 radical (unpaired) electrons. The fourth-order valence-corrected chi connectivity index (χ4v) is 3.74. The summed E-state index contributed by atoms with van der Waals surface area (Å²) < 4.78 is 23.4. The Kier molecular flexibility index (Phi) is 5.22. The van der Waals surface area contributed by atoms with Gasteiger partial charge in [0.15, 0.2) is 11.5 Å². The number of methoxy groups -OCH3 is 4. The lowest BCUT2D eigenvalue weighted by Crippen LogP contribution is -2.25. The van der Waals surface area contributed by atoms with E-state index in [4.69, 9.17) is 18.9 Å². The Morgan fingerprint density at radius 3 is 2.20 bits per heavy atom. The molecule has 8 heteroatoms. The van der Waals surface area contributed by atoms with Crippen molar-refractivity contribution in [3.63, 3.8) is 0 Å². The summed E-state index contributed by atoms with van der Waals surface area (Å²) in [6.45, 7) is 0. The minimum absolute atomic E-state index is 0.0976. The highest BCUT2D eigenvalue weighted by Gasteiger charge is 2.33. The molecule has 0 saturated heterocycles. The monoisotopic (exact) mass is 409 g/mol. The second kappa shape index (κ2) is 7.98. The Morgan fingerprint density at radius 2 is 1.57 bits per heavy atom. The number of fused-ring (bicyclic) bond motifs is 1. The Labute approximate surface area is 174 Å². The van der Waals surface area contributed by atoms with E-state index in [2.05, 4.69) is 10.4 Å². The van der Waals surface area contributed by atoms with Gasteiger partial charge in [0, 0.05) is 29.5 Å². The average molecular weight is 409 g/mol. The molecule has 0 aliphatic carbocycles. The number of rotatable bonds is 6. The predicted molar refractivity (Wildman–Crippen MR) is 111 cm³/mol. The molecule has 1 unspecified atom stereocenters. The van der Waals surface area contributed by atoms with Crippen molar-refractivity contribution >= 4 is 11.7 Å². The maximum atomic E-state index is 12.6. The molecule has 1 aliphatic rings. The van der Waals surface area contributed by atoms with E-state index in [9.17, 15) is 4.79 Å². The van der Waals surface area contributed by atoms with E-state index in [1.54, 1.807) is 45.4 Å². The highest BCUT2D eigenvalue weighted by Crippen LogP contribution is 2.45. The summed E-state index contributed by atoms with van der Waals surface area (Å²) in [5, 5.41) is 7.49. The summed E-state index contributed by atoms with van der Waals surface area (Å²) >= 11 is 0. The van der Waals surface area contributed by atoms with Crippen LogP contribution in [0.25, 0.3) is 5.69 Å². The van der Waals surface area contributed by atoms with Crippen molar-refractivity contribution in [1.29, 1.82) is 0 Å². The molecule has 0 spiro atoms. The van der Waals surface area contributed by atoms with Crippen LogP contribution in [-0.2, 0) is 4.79 Å². The fourth-order valence-electron chi connectivity index (χ4n) is 3.74. The molecular formula is C22H23N3O5. The molecule has 0 saturated carbocycles. The van der Waals surface area contributed by atoms with Crippen molar-refractivity contribution in [1.82, 2.24) is 9.78 Å². The van der Waals surface area contributed by atoms with Gasteiger partial charge in [0.05, 0.1) is 40.3 Å². The van der Waals surface area contributed by atoms with E-state index >= 15 is 0 Å². The van der Waals surface area contributed by atoms with Crippen molar-refractivity contribution in [3.05, 3.63) is 53.7 Å². The van der Waals surface area contributed by atoms with Crippen LogP contribution in [0.2, 0.25) is 0 Å². The summed E-state index contributed by atoms with van der Waals surface area (Å²) in [6, 6.07) is 11.1. The molecule has 1 atom stereocenters. The number of nitrogens with one attached hydrogen (secondary N) is 1. The number of aromatic nitrogens is 2. The van der Waals surface area contributed by atoms with E-state index in [0.717, 1.165) is 22.6 Å². The number of carbonyl (C=O) groups excluding carboxylic acids is 1. The molecule has 4 rings (SSSR count). The van der Waals surface area contributed by atoms with E-state index in [0.29, 0.717) is 23.1 Å². The van der Waals surface area contributed by atoms with Gasteiger partial charge >= 0.3 is 0 Å². The average Bonchev–Trinajstić information content (AvgIpc) is 3.21. The number of amides is 1. The predicted octanol–water partition coefficient (Wildman–Crippen LogP) is 3.38. The molecule has 30 heavy (non-hydrogen) atoms. The molecule has 0 bridgehead atoms. The summed E-state index contributed by atoms with van der Waals surface area (Å²) in [5.74, 6) is 2.80. The molecule has 1 aromatic heterocycles. The highest BCUT2D eigenvalue weighted by molar-refractivity contribution is 5.95. The van der Waals surface area contributed by atoms with Gasteiger partial charge in [0.2, 0.25) is 5.91 Å². The first-order chi connectivity index (χ1) is 14.6. The molecular weight excluding hydrogens is 386 g/mol. The number of benzene rings is 2. The van der Waals surface area contributed by atoms with Gasteiger partial charge < -0.3 is 24.3 Å². The van der Waals surface area contributed by atoms with Gasteiger partial charge in [-0.05, 0) is 30.3 Å². The summed E-state index contributed by atoms with van der Waals surface area (Å²) in [4.78, 5) is 12.6. The summed E-state index contributed by atoms with van der Waals surface area (Å²) in [6.07, 6.45) is 2.05.